The van der Waals surface area contributed by atoms with E-state index in [2.05, 4.69) is 15.7 Å². The van der Waals surface area contributed by atoms with E-state index in [9.17, 15) is 19.1 Å². The molecule has 0 spiro atoms. The van der Waals surface area contributed by atoms with Gasteiger partial charge in [-0.05, 0) is 42.0 Å². The Labute approximate surface area is 204 Å². The van der Waals surface area contributed by atoms with Crippen molar-refractivity contribution in [2.75, 3.05) is 0 Å². The number of hydrogen-bond acceptors (Lipinski definition) is 4. The smallest absolute Gasteiger partial charge is 0.273 e. The number of amides is 2. The molecule has 2 amide bonds. The van der Waals surface area contributed by atoms with E-state index in [0.29, 0.717) is 18.4 Å². The molecule has 1 aliphatic carbocycles. The number of fused-ring (bicyclic) bond motifs is 1. The Morgan fingerprint density at radius 3 is 2.49 bits per heavy atom. The second-order valence-corrected chi connectivity index (χ2v) is 10.4. The van der Waals surface area contributed by atoms with E-state index in [1.165, 1.54) is 12.1 Å². The number of para-hydroxylation sites is 1. The van der Waals surface area contributed by atoms with Crippen LogP contribution < -0.4 is 10.6 Å². The molecule has 0 aliphatic heterocycles. The van der Waals surface area contributed by atoms with Gasteiger partial charge in [-0.25, -0.2) is 4.39 Å². The van der Waals surface area contributed by atoms with Crippen LogP contribution in [0.4, 0.5) is 4.39 Å². The normalized spacial score (nSPS) is 19.3. The van der Waals surface area contributed by atoms with Gasteiger partial charge in [0.1, 0.15) is 11.9 Å². The zero-order valence-corrected chi connectivity index (χ0v) is 20.4. The molecule has 0 unspecified atom stereocenters. The molecule has 186 valence electrons. The van der Waals surface area contributed by atoms with Gasteiger partial charge in [0.2, 0.25) is 5.91 Å². The third-order valence-electron chi connectivity index (χ3n) is 6.58. The van der Waals surface area contributed by atoms with Crippen molar-refractivity contribution < 1.29 is 19.1 Å². The van der Waals surface area contributed by atoms with Crippen molar-refractivity contribution in [3.63, 3.8) is 0 Å². The van der Waals surface area contributed by atoms with Crippen LogP contribution in [0, 0.1) is 11.2 Å². The maximum atomic E-state index is 13.4. The van der Waals surface area contributed by atoms with Gasteiger partial charge in [-0.15, -0.1) is 0 Å². The predicted octanol–water partition coefficient (Wildman–Crippen LogP) is 3.79. The number of rotatable bonds is 6. The number of aromatic nitrogens is 2. The minimum Gasteiger partial charge on any atom is -0.391 e. The lowest BCUT2D eigenvalue weighted by Crippen LogP contribution is -2.57. The van der Waals surface area contributed by atoms with Gasteiger partial charge < -0.3 is 15.7 Å². The van der Waals surface area contributed by atoms with Gasteiger partial charge in [0, 0.05) is 5.39 Å². The monoisotopic (exact) mass is 480 g/mol. The SMILES string of the molecule is CC(C)(C)[C@H](NC(=O)c1nn(Cc2ccc(F)cc2)c2ccccc12)C(=O)N[C@@H]1CCCC[C@H]1O. The summed E-state index contributed by atoms with van der Waals surface area (Å²) in [6, 6.07) is 12.4. The molecule has 3 aromatic rings. The van der Waals surface area contributed by atoms with E-state index in [1.807, 2.05) is 45.0 Å². The zero-order chi connectivity index (χ0) is 25.2. The predicted molar refractivity (Wildman–Crippen MR) is 132 cm³/mol. The van der Waals surface area contributed by atoms with E-state index in [0.717, 1.165) is 30.3 Å². The molecular formula is C27H33FN4O3. The van der Waals surface area contributed by atoms with Crippen molar-refractivity contribution in [3.05, 3.63) is 65.6 Å². The number of benzene rings is 2. The lowest BCUT2D eigenvalue weighted by atomic mass is 9.85. The van der Waals surface area contributed by atoms with Gasteiger partial charge in [0.25, 0.3) is 5.91 Å². The third-order valence-corrected chi connectivity index (χ3v) is 6.58. The second kappa shape index (κ2) is 10.2. The fourth-order valence-electron chi connectivity index (χ4n) is 4.60. The lowest BCUT2D eigenvalue weighted by molar-refractivity contribution is -0.127. The summed E-state index contributed by atoms with van der Waals surface area (Å²) in [5, 5.41) is 21.4. The van der Waals surface area contributed by atoms with E-state index in [1.54, 1.807) is 16.8 Å². The van der Waals surface area contributed by atoms with E-state index < -0.39 is 23.5 Å². The maximum Gasteiger partial charge on any atom is 0.273 e. The number of aliphatic hydroxyl groups is 1. The topological polar surface area (TPSA) is 96.2 Å². The average molecular weight is 481 g/mol. The fourth-order valence-corrected chi connectivity index (χ4v) is 4.60. The molecule has 1 saturated carbocycles. The van der Waals surface area contributed by atoms with E-state index in [4.69, 9.17) is 0 Å². The van der Waals surface area contributed by atoms with Crippen molar-refractivity contribution in [1.29, 1.82) is 0 Å². The molecule has 0 saturated heterocycles. The molecule has 1 fully saturated rings. The van der Waals surface area contributed by atoms with Crippen LogP contribution in [0.25, 0.3) is 10.9 Å². The van der Waals surface area contributed by atoms with Crippen LogP contribution in [-0.2, 0) is 11.3 Å². The Balaban J connectivity index is 1.58. The Morgan fingerprint density at radius 2 is 1.80 bits per heavy atom. The van der Waals surface area contributed by atoms with Gasteiger partial charge in [-0.3, -0.25) is 14.3 Å². The van der Waals surface area contributed by atoms with Gasteiger partial charge >= 0.3 is 0 Å². The number of halogens is 1. The Morgan fingerprint density at radius 1 is 1.11 bits per heavy atom. The minimum absolute atomic E-state index is 0.225. The van der Waals surface area contributed by atoms with Crippen molar-refractivity contribution in [3.8, 4) is 0 Å². The number of carbonyl (C=O) groups is 2. The molecule has 1 heterocycles. The molecule has 35 heavy (non-hydrogen) atoms. The van der Waals surface area contributed by atoms with Crippen molar-refractivity contribution in [1.82, 2.24) is 20.4 Å². The lowest BCUT2D eigenvalue weighted by Gasteiger charge is -2.34. The van der Waals surface area contributed by atoms with Crippen molar-refractivity contribution in [2.45, 2.75) is 71.2 Å². The second-order valence-electron chi connectivity index (χ2n) is 10.4. The largest absolute Gasteiger partial charge is 0.391 e. The Kier molecular flexibility index (Phi) is 7.21. The van der Waals surface area contributed by atoms with Crippen LogP contribution in [0.3, 0.4) is 0 Å². The summed E-state index contributed by atoms with van der Waals surface area (Å²) in [4.78, 5) is 26.6. The molecule has 8 heteroatoms. The first-order valence-electron chi connectivity index (χ1n) is 12.1. The zero-order valence-electron chi connectivity index (χ0n) is 20.4. The summed E-state index contributed by atoms with van der Waals surface area (Å²) in [5.41, 5.74) is 1.28. The number of nitrogens with zero attached hydrogens (tertiary/aromatic N) is 2. The minimum atomic E-state index is -0.815. The van der Waals surface area contributed by atoms with Crippen LogP contribution in [0.2, 0.25) is 0 Å². The summed E-state index contributed by atoms with van der Waals surface area (Å²) in [6.07, 6.45) is 2.70. The highest BCUT2D eigenvalue weighted by Gasteiger charge is 2.36. The summed E-state index contributed by atoms with van der Waals surface area (Å²) in [6.45, 7) is 6.04. The van der Waals surface area contributed by atoms with Gasteiger partial charge in [0.05, 0.1) is 24.2 Å². The summed E-state index contributed by atoms with van der Waals surface area (Å²) in [5.74, 6) is -1.07. The summed E-state index contributed by atoms with van der Waals surface area (Å²) in [7, 11) is 0. The number of carbonyl (C=O) groups excluding carboxylic acids is 2. The first kappa shape index (κ1) is 24.9. The molecular weight excluding hydrogens is 447 g/mol. The van der Waals surface area contributed by atoms with Crippen molar-refractivity contribution >= 4 is 22.7 Å². The van der Waals surface area contributed by atoms with Gasteiger partial charge in [-0.2, -0.15) is 5.10 Å². The summed E-state index contributed by atoms with van der Waals surface area (Å²) < 4.78 is 15.0. The molecule has 3 N–H and O–H groups in total. The number of aliphatic hydroxyl groups excluding tert-OH is 1. The number of nitrogens with one attached hydrogen (secondary N) is 2. The highest BCUT2D eigenvalue weighted by molar-refractivity contribution is 6.06. The highest BCUT2D eigenvalue weighted by Crippen LogP contribution is 2.24. The molecule has 0 bridgehead atoms. The molecule has 4 rings (SSSR count). The highest BCUT2D eigenvalue weighted by atomic mass is 19.1. The van der Waals surface area contributed by atoms with Crippen LogP contribution in [0.15, 0.2) is 48.5 Å². The van der Waals surface area contributed by atoms with Crippen molar-refractivity contribution in [2.24, 2.45) is 5.41 Å². The average Bonchev–Trinajstić information content (AvgIpc) is 3.18. The molecule has 2 aromatic carbocycles. The molecule has 0 radical (unpaired) electrons. The van der Waals surface area contributed by atoms with Gasteiger partial charge in [-0.1, -0.05) is 63.9 Å². The quantitative estimate of drug-likeness (QED) is 0.500. The fraction of sp³-hybridized carbons (Fsp3) is 0.444. The van der Waals surface area contributed by atoms with Crippen LogP contribution in [-0.4, -0.2) is 44.9 Å². The van der Waals surface area contributed by atoms with Gasteiger partial charge in [0.15, 0.2) is 5.69 Å². The molecule has 7 nitrogen and oxygen atoms in total. The maximum absolute atomic E-state index is 13.4. The van der Waals surface area contributed by atoms with Crippen LogP contribution >= 0.6 is 0 Å². The van der Waals surface area contributed by atoms with Crippen LogP contribution in [0.1, 0.15) is 62.5 Å². The number of hydrogen-bond donors (Lipinski definition) is 3. The van der Waals surface area contributed by atoms with E-state index in [-0.39, 0.29) is 23.5 Å². The first-order chi connectivity index (χ1) is 16.6. The molecule has 1 aliphatic rings. The van der Waals surface area contributed by atoms with E-state index >= 15 is 0 Å². The first-order valence-corrected chi connectivity index (χ1v) is 12.1. The Hall–Kier alpha value is -3.26. The third kappa shape index (κ3) is 5.70. The standard InChI is InChI=1S/C27H33FN4O3/c1-27(2,3)24(26(35)29-20-9-5-7-11-22(20)33)30-25(34)23-19-8-4-6-10-21(19)32(31-23)16-17-12-14-18(28)15-13-17/h4,6,8,10,12-15,20,22,24,33H,5,7,9,11,16H2,1-3H3,(H,29,35)(H,30,34)/t20-,22-,24-/m1/s1. The Bertz CT molecular complexity index is 1200. The molecule has 3 atom stereocenters. The summed E-state index contributed by atoms with van der Waals surface area (Å²) >= 11 is 0. The van der Waals surface area contributed by atoms with Crippen LogP contribution in [0.5, 0.6) is 0 Å². The molecule has 1 aromatic heterocycles.